The summed E-state index contributed by atoms with van der Waals surface area (Å²) in [5.74, 6) is 1.07. The number of rotatable bonds is 16. The van der Waals surface area contributed by atoms with Crippen LogP contribution in [0.3, 0.4) is 0 Å². The van der Waals surface area contributed by atoms with E-state index in [0.29, 0.717) is 94.6 Å². The third kappa shape index (κ3) is 9.19. The fraction of sp³-hybridized carbons (Fsp3) is 0.273. The molecule has 2 aliphatic heterocycles. The van der Waals surface area contributed by atoms with Crippen molar-refractivity contribution in [1.29, 1.82) is 0 Å². The van der Waals surface area contributed by atoms with Crippen molar-refractivity contribution in [2.75, 3.05) is 26.4 Å². The SMILES string of the molecule is CCCOCCC(O)Oc1ccc(-c2c3nc(c(Cl)c4ccc([nH]4)c(-c4ccc(OC(O)CCOCCC)cc4)c4nc(c(Cl)c5ccc2[nH]5)C=C4)C=C3)cc1. The summed E-state index contributed by atoms with van der Waals surface area (Å²) in [4.78, 5) is 17.0. The molecular weight excluding hydrogens is 751 g/mol. The van der Waals surface area contributed by atoms with Gasteiger partial charge in [0.25, 0.3) is 0 Å². The van der Waals surface area contributed by atoms with Crippen molar-refractivity contribution >= 4 is 69.6 Å². The van der Waals surface area contributed by atoms with E-state index >= 15 is 0 Å². The van der Waals surface area contributed by atoms with Gasteiger partial charge in [0.05, 0.1) is 57.1 Å². The third-order valence-corrected chi connectivity index (χ3v) is 9.97. The maximum Gasteiger partial charge on any atom is 0.199 e. The number of H-pyrrole nitrogens is 2. The van der Waals surface area contributed by atoms with E-state index in [0.717, 1.165) is 46.1 Å². The van der Waals surface area contributed by atoms with E-state index in [1.807, 2.05) is 111 Å². The van der Waals surface area contributed by atoms with Crippen LogP contribution in [0.4, 0.5) is 0 Å². The van der Waals surface area contributed by atoms with E-state index in [4.69, 9.17) is 52.1 Å². The normalized spacial score (nSPS) is 13.2. The quantitative estimate of drug-likeness (QED) is 0.0561. The Balaban J connectivity index is 1.28. The molecule has 0 saturated heterocycles. The molecule has 2 aliphatic rings. The minimum absolute atomic E-state index is 0.366. The molecule has 0 radical (unpaired) electrons. The number of benzene rings is 2. The van der Waals surface area contributed by atoms with Crippen LogP contribution in [0.2, 0.25) is 10.0 Å². The highest BCUT2D eigenvalue weighted by atomic mass is 35.5. The Kier molecular flexibility index (Phi) is 12.9. The fourth-order valence-electron chi connectivity index (χ4n) is 6.44. The predicted molar refractivity (Wildman–Crippen MR) is 224 cm³/mol. The second-order valence-corrected chi connectivity index (χ2v) is 14.1. The molecule has 0 saturated carbocycles. The standard InChI is InChI=1S/C44H44Cl2N4O6/c1-3-23-53-25-21-39(51)55-29-9-5-27(6-10-29)41-31-13-17-35(47-31)43(45)37-19-15-33(49-37)42(34-16-20-38(50-34)44(46)36-18-14-32(41)48-36)28-7-11-30(12-8-28)56-40(52)22-26-54-24-4-2/h5-20,39-40,47,50-52H,3-4,21-26H2,1-2H3. The Bertz CT molecular complexity index is 2200. The van der Waals surface area contributed by atoms with Gasteiger partial charge >= 0.3 is 0 Å². The number of hydrogen-bond acceptors (Lipinski definition) is 8. The molecule has 3 aromatic heterocycles. The van der Waals surface area contributed by atoms with Crippen LogP contribution in [0, 0.1) is 0 Å². The smallest absolute Gasteiger partial charge is 0.199 e. The molecule has 2 atom stereocenters. The summed E-state index contributed by atoms with van der Waals surface area (Å²) >= 11 is 14.1. The third-order valence-electron chi connectivity index (χ3n) is 9.17. The van der Waals surface area contributed by atoms with Gasteiger partial charge in [-0.25, -0.2) is 9.97 Å². The lowest BCUT2D eigenvalue weighted by Gasteiger charge is -2.14. The molecule has 2 aromatic carbocycles. The lowest BCUT2D eigenvalue weighted by Crippen LogP contribution is -2.18. The second kappa shape index (κ2) is 18.3. The van der Waals surface area contributed by atoms with Crippen LogP contribution in [0.1, 0.15) is 62.3 Å². The highest BCUT2D eigenvalue weighted by Gasteiger charge is 2.17. The molecule has 7 rings (SSSR count). The Labute approximate surface area is 335 Å². The minimum atomic E-state index is -0.984. The largest absolute Gasteiger partial charge is 0.465 e. The van der Waals surface area contributed by atoms with Gasteiger partial charge in [-0.1, -0.05) is 61.3 Å². The highest BCUT2D eigenvalue weighted by molar-refractivity contribution is 6.36. The molecule has 0 aliphatic carbocycles. The molecule has 4 N–H and O–H groups in total. The van der Waals surface area contributed by atoms with Crippen LogP contribution >= 0.6 is 23.2 Å². The first kappa shape index (κ1) is 39.3. The molecule has 0 spiro atoms. The van der Waals surface area contributed by atoms with Crippen LogP contribution in [0.5, 0.6) is 11.5 Å². The van der Waals surface area contributed by atoms with Crippen LogP contribution < -0.4 is 9.47 Å². The number of nitrogens with zero attached hydrogens (tertiary/aromatic N) is 2. The number of aliphatic hydroxyl groups excluding tert-OH is 2. The molecule has 10 nitrogen and oxygen atoms in total. The van der Waals surface area contributed by atoms with Gasteiger partial charge in [0.15, 0.2) is 12.6 Å². The molecule has 8 bridgehead atoms. The van der Waals surface area contributed by atoms with Gasteiger partial charge in [-0.05, 0) is 96.8 Å². The zero-order valence-corrected chi connectivity index (χ0v) is 32.7. The number of fused-ring (bicyclic) bond motifs is 8. The monoisotopic (exact) mass is 794 g/mol. The molecule has 290 valence electrons. The Morgan fingerprint density at radius 2 is 0.893 bits per heavy atom. The highest BCUT2D eigenvalue weighted by Crippen LogP contribution is 2.37. The van der Waals surface area contributed by atoms with Gasteiger partial charge in [0.1, 0.15) is 11.5 Å². The van der Waals surface area contributed by atoms with Gasteiger partial charge in [-0.2, -0.15) is 0 Å². The van der Waals surface area contributed by atoms with E-state index < -0.39 is 12.6 Å². The summed E-state index contributed by atoms with van der Waals surface area (Å²) in [6.45, 7) is 6.22. The molecule has 12 heteroatoms. The van der Waals surface area contributed by atoms with E-state index in [1.165, 1.54) is 0 Å². The molecule has 0 fully saturated rings. The Morgan fingerprint density at radius 1 is 0.518 bits per heavy atom. The van der Waals surface area contributed by atoms with Crippen molar-refractivity contribution in [1.82, 2.24) is 19.9 Å². The second-order valence-electron chi connectivity index (χ2n) is 13.4. The van der Waals surface area contributed by atoms with Crippen LogP contribution in [0.15, 0.2) is 72.8 Å². The summed E-state index contributed by atoms with van der Waals surface area (Å²) in [5, 5.41) is 21.7. The summed E-state index contributed by atoms with van der Waals surface area (Å²) in [6, 6.07) is 22.8. The van der Waals surface area contributed by atoms with Crippen LogP contribution in [0.25, 0.3) is 68.6 Å². The number of halogens is 2. The lowest BCUT2D eigenvalue weighted by atomic mass is 10.0. The van der Waals surface area contributed by atoms with Crippen molar-refractivity contribution in [3.05, 3.63) is 106 Å². The predicted octanol–water partition coefficient (Wildman–Crippen LogP) is 10.3. The van der Waals surface area contributed by atoms with Gasteiger partial charge < -0.3 is 39.1 Å². The fourth-order valence-corrected chi connectivity index (χ4v) is 6.87. The zero-order valence-electron chi connectivity index (χ0n) is 31.2. The number of aliphatic hydroxyl groups is 2. The number of nitrogens with one attached hydrogen (secondary N) is 2. The maximum atomic E-state index is 10.4. The Morgan fingerprint density at radius 3 is 1.29 bits per heavy atom. The molecule has 2 unspecified atom stereocenters. The van der Waals surface area contributed by atoms with E-state index in [1.54, 1.807) is 0 Å². The van der Waals surface area contributed by atoms with Crippen molar-refractivity contribution in [2.45, 2.75) is 52.1 Å². The number of hydrogen-bond donors (Lipinski definition) is 4. The van der Waals surface area contributed by atoms with Gasteiger partial charge in [0.2, 0.25) is 0 Å². The van der Waals surface area contributed by atoms with Gasteiger partial charge in [-0.15, -0.1) is 0 Å². The maximum absolute atomic E-state index is 10.4. The van der Waals surface area contributed by atoms with E-state index in [9.17, 15) is 10.2 Å². The number of aromatic nitrogens is 4. The topological polar surface area (TPSA) is 135 Å². The van der Waals surface area contributed by atoms with Crippen LogP contribution in [-0.2, 0) is 9.47 Å². The number of ether oxygens (including phenoxy) is 4. The molecule has 0 amide bonds. The van der Waals surface area contributed by atoms with Crippen molar-refractivity contribution in [3.63, 3.8) is 0 Å². The lowest BCUT2D eigenvalue weighted by molar-refractivity contribution is -0.0418. The van der Waals surface area contributed by atoms with Crippen LogP contribution in [-0.4, -0.2) is 69.2 Å². The zero-order chi connectivity index (χ0) is 39.0. The summed E-state index contributed by atoms with van der Waals surface area (Å²) < 4.78 is 22.5. The van der Waals surface area contributed by atoms with Gasteiger partial charge in [0, 0.05) is 48.2 Å². The molecular formula is C44H44Cl2N4O6. The van der Waals surface area contributed by atoms with Crippen molar-refractivity contribution in [3.8, 4) is 33.8 Å². The van der Waals surface area contributed by atoms with Crippen molar-refractivity contribution in [2.24, 2.45) is 0 Å². The molecule has 5 heterocycles. The van der Waals surface area contributed by atoms with E-state index in [2.05, 4.69) is 9.97 Å². The van der Waals surface area contributed by atoms with E-state index in [-0.39, 0.29) is 0 Å². The average Bonchev–Trinajstić information content (AvgIpc) is 4.05. The average molecular weight is 796 g/mol. The van der Waals surface area contributed by atoms with Gasteiger partial charge in [-0.3, -0.25) is 0 Å². The summed E-state index contributed by atoms with van der Waals surface area (Å²) in [6.07, 6.45) is 8.27. The summed E-state index contributed by atoms with van der Waals surface area (Å²) in [5.41, 5.74) is 8.92. The molecule has 56 heavy (non-hydrogen) atoms. The van der Waals surface area contributed by atoms with Crippen molar-refractivity contribution < 1.29 is 29.2 Å². The first-order valence-corrected chi connectivity index (χ1v) is 19.6. The number of aromatic amines is 2. The minimum Gasteiger partial charge on any atom is -0.465 e. The molecule has 5 aromatic rings. The first-order chi connectivity index (χ1) is 27.3. The first-order valence-electron chi connectivity index (χ1n) is 18.8. The summed E-state index contributed by atoms with van der Waals surface area (Å²) in [7, 11) is 0. The Hall–Kier alpha value is -4.94.